The summed E-state index contributed by atoms with van der Waals surface area (Å²) >= 11 is -7.74. The summed E-state index contributed by atoms with van der Waals surface area (Å²) in [6, 6.07) is 0. The standard InChI is InChI=1S/3C6F5.C2H5.Sn/c3*7-2-1-3(8)5(10)6(11)4(2)9;1-2;/h;;;1H2,2H3;. The second-order valence-corrected chi connectivity index (χ2v) is 18.6. The molecule has 0 bridgehead atoms. The molecule has 0 saturated heterocycles. The summed E-state index contributed by atoms with van der Waals surface area (Å²) in [6.07, 6.45) is 0. The third kappa shape index (κ3) is 3.55. The molecule has 3 aromatic carbocycles. The molecule has 0 amide bonds. The molecule has 3 rings (SSSR count). The molecule has 0 aliphatic heterocycles. The van der Waals surface area contributed by atoms with Crippen molar-refractivity contribution >= 4 is 29.1 Å². The van der Waals surface area contributed by atoms with Gasteiger partial charge in [0.05, 0.1) is 0 Å². The van der Waals surface area contributed by atoms with E-state index in [-0.39, 0.29) is 0 Å². The van der Waals surface area contributed by atoms with Gasteiger partial charge in [-0.3, -0.25) is 0 Å². The average Bonchev–Trinajstić information content (AvgIpc) is 2.85. The molecular formula is C20H5F15Sn. The van der Waals surface area contributed by atoms with Crippen LogP contribution >= 0.6 is 0 Å². The summed E-state index contributed by atoms with van der Waals surface area (Å²) in [6.45, 7) is 0.504. The van der Waals surface area contributed by atoms with Crippen molar-refractivity contribution in [2.75, 3.05) is 0 Å². The van der Waals surface area contributed by atoms with E-state index in [2.05, 4.69) is 0 Å². The van der Waals surface area contributed by atoms with E-state index in [0.717, 1.165) is 0 Å². The molecule has 0 nitrogen and oxygen atoms in total. The fourth-order valence-corrected chi connectivity index (χ4v) is 17.3. The zero-order valence-corrected chi connectivity index (χ0v) is 19.7. The van der Waals surface area contributed by atoms with Crippen molar-refractivity contribution in [2.24, 2.45) is 0 Å². The second kappa shape index (κ2) is 9.37. The summed E-state index contributed by atoms with van der Waals surface area (Å²) in [7, 11) is 0. The summed E-state index contributed by atoms with van der Waals surface area (Å²) in [5, 5.41) is 0. The quantitative estimate of drug-likeness (QED) is 0.157. The predicted molar refractivity (Wildman–Crippen MR) is 93.8 cm³/mol. The zero-order chi connectivity index (χ0) is 27.6. The van der Waals surface area contributed by atoms with Crippen molar-refractivity contribution in [2.45, 2.75) is 11.4 Å². The van der Waals surface area contributed by atoms with Crippen molar-refractivity contribution in [3.8, 4) is 0 Å². The van der Waals surface area contributed by atoms with Crippen LogP contribution in [-0.2, 0) is 0 Å². The van der Waals surface area contributed by atoms with Gasteiger partial charge in [0.2, 0.25) is 0 Å². The average molecular weight is 649 g/mol. The third-order valence-corrected chi connectivity index (χ3v) is 19.5. The molecule has 0 saturated carbocycles. The topological polar surface area (TPSA) is 0 Å². The molecule has 3 aromatic rings. The monoisotopic (exact) mass is 650 g/mol. The number of halogens is 15. The van der Waals surface area contributed by atoms with Crippen molar-refractivity contribution in [1.82, 2.24) is 0 Å². The van der Waals surface area contributed by atoms with Gasteiger partial charge in [0.25, 0.3) is 0 Å². The second-order valence-electron chi connectivity index (χ2n) is 7.09. The van der Waals surface area contributed by atoms with Crippen molar-refractivity contribution < 1.29 is 65.9 Å². The van der Waals surface area contributed by atoms with E-state index in [4.69, 9.17) is 0 Å². The Kier molecular flexibility index (Phi) is 7.29. The summed E-state index contributed by atoms with van der Waals surface area (Å²) in [5.74, 6) is -44.2. The SMILES string of the molecule is C[CH2][Sn]([c]1c(F)c(F)c(F)c(F)c1F)([c]1c(F)c(F)c(F)c(F)c1F)[c]1c(F)c(F)c(F)c(F)c1F. The van der Waals surface area contributed by atoms with Gasteiger partial charge in [0.1, 0.15) is 0 Å². The molecule has 0 radical (unpaired) electrons. The number of rotatable bonds is 4. The van der Waals surface area contributed by atoms with E-state index in [0.29, 0.717) is 6.92 Å². The molecule has 0 unspecified atom stereocenters. The maximum absolute atomic E-state index is 14.9. The van der Waals surface area contributed by atoms with Gasteiger partial charge in [-0.1, -0.05) is 0 Å². The minimum atomic E-state index is -7.74. The molecule has 0 heterocycles. The van der Waals surface area contributed by atoms with Crippen LogP contribution in [0.3, 0.4) is 0 Å². The van der Waals surface area contributed by atoms with Crippen LogP contribution in [0, 0.1) is 87.3 Å². The number of hydrogen-bond donors (Lipinski definition) is 0. The molecule has 194 valence electrons. The van der Waals surface area contributed by atoms with E-state index in [9.17, 15) is 65.9 Å². The molecule has 0 N–H and O–H groups in total. The molecule has 0 aliphatic carbocycles. The summed E-state index contributed by atoms with van der Waals surface area (Å²) < 4.78 is 205. The van der Waals surface area contributed by atoms with Gasteiger partial charge in [0, 0.05) is 0 Å². The maximum atomic E-state index is 14.9. The molecule has 36 heavy (non-hydrogen) atoms. The van der Waals surface area contributed by atoms with Crippen LogP contribution in [0.15, 0.2) is 0 Å². The number of benzene rings is 3. The molecule has 0 spiro atoms. The third-order valence-electron chi connectivity index (χ3n) is 5.44. The Hall–Kier alpha value is -2.59. The first kappa shape index (κ1) is 28.0. The van der Waals surface area contributed by atoms with Crippen LogP contribution in [-0.4, -0.2) is 18.4 Å². The van der Waals surface area contributed by atoms with E-state index in [1.165, 1.54) is 0 Å². The van der Waals surface area contributed by atoms with Gasteiger partial charge in [-0.25, -0.2) is 0 Å². The van der Waals surface area contributed by atoms with Crippen LogP contribution < -0.4 is 10.7 Å². The van der Waals surface area contributed by atoms with Crippen LogP contribution in [0.5, 0.6) is 0 Å². The van der Waals surface area contributed by atoms with Gasteiger partial charge >= 0.3 is 194 Å². The first-order valence-electron chi connectivity index (χ1n) is 9.15. The van der Waals surface area contributed by atoms with Gasteiger partial charge in [-0.15, -0.1) is 0 Å². The molecule has 0 aliphatic rings. The van der Waals surface area contributed by atoms with Crippen LogP contribution in [0.1, 0.15) is 6.92 Å². The first-order chi connectivity index (χ1) is 16.6. The van der Waals surface area contributed by atoms with Crippen LogP contribution in [0.2, 0.25) is 4.44 Å². The Morgan fingerprint density at radius 1 is 0.306 bits per heavy atom. The normalized spacial score (nSPS) is 12.0. The molecule has 0 aromatic heterocycles. The predicted octanol–water partition coefficient (Wildman–Crippen LogP) is 5.26. The Morgan fingerprint density at radius 2 is 0.444 bits per heavy atom. The van der Waals surface area contributed by atoms with Gasteiger partial charge < -0.3 is 0 Å². The van der Waals surface area contributed by atoms with Crippen molar-refractivity contribution in [3.05, 3.63) is 87.3 Å². The van der Waals surface area contributed by atoms with Crippen LogP contribution in [0.4, 0.5) is 65.9 Å². The Balaban J connectivity index is 2.84. The van der Waals surface area contributed by atoms with Crippen molar-refractivity contribution in [1.29, 1.82) is 0 Å². The van der Waals surface area contributed by atoms with Crippen LogP contribution in [0.25, 0.3) is 0 Å². The summed E-state index contributed by atoms with van der Waals surface area (Å²) in [5.41, 5.74) is 0. The molecule has 0 fully saturated rings. The van der Waals surface area contributed by atoms with E-state index < -0.39 is 121 Å². The Bertz CT molecular complexity index is 1180. The first-order valence-corrected chi connectivity index (χ1v) is 15.4. The zero-order valence-electron chi connectivity index (χ0n) is 16.9. The van der Waals surface area contributed by atoms with E-state index >= 15 is 0 Å². The summed E-state index contributed by atoms with van der Waals surface area (Å²) in [4.78, 5) is 0. The van der Waals surface area contributed by atoms with Gasteiger partial charge in [-0.2, -0.15) is 0 Å². The number of hydrogen-bond acceptors (Lipinski definition) is 0. The molecule has 16 heteroatoms. The van der Waals surface area contributed by atoms with Crippen molar-refractivity contribution in [3.63, 3.8) is 0 Å². The van der Waals surface area contributed by atoms with Gasteiger partial charge in [0.15, 0.2) is 0 Å². The molecule has 0 atom stereocenters. The van der Waals surface area contributed by atoms with E-state index in [1.54, 1.807) is 0 Å². The van der Waals surface area contributed by atoms with E-state index in [1.807, 2.05) is 0 Å². The molecular weight excluding hydrogens is 644 g/mol. The minimum absolute atomic E-state index is 0.504. The fourth-order valence-electron chi connectivity index (χ4n) is 3.84. The van der Waals surface area contributed by atoms with Gasteiger partial charge in [-0.05, 0) is 0 Å². The Labute approximate surface area is 193 Å². The Morgan fingerprint density at radius 3 is 0.583 bits per heavy atom. The fraction of sp³-hybridized carbons (Fsp3) is 0.100.